The van der Waals surface area contributed by atoms with Gasteiger partial charge in [0.25, 0.3) is 15.9 Å². The summed E-state index contributed by atoms with van der Waals surface area (Å²) in [6.07, 6.45) is 1.75. The number of fused-ring (bicyclic) bond motifs is 1. The largest absolute Gasteiger partial charge is 0.308 e. The Morgan fingerprint density at radius 3 is 2.57 bits per heavy atom. The summed E-state index contributed by atoms with van der Waals surface area (Å²) >= 11 is 1.23. The molecule has 0 bridgehead atoms. The number of hydrogen-bond acceptors (Lipinski definition) is 4. The number of carbonyl (C=O) groups is 1. The van der Waals surface area contributed by atoms with Gasteiger partial charge in [-0.25, -0.2) is 8.42 Å². The maximum atomic E-state index is 13.0. The molecule has 28 heavy (non-hydrogen) atoms. The van der Waals surface area contributed by atoms with E-state index in [0.717, 1.165) is 29.0 Å². The number of benzene rings is 2. The Bertz CT molecular complexity index is 1120. The number of amides is 1. The predicted molar refractivity (Wildman–Crippen MR) is 113 cm³/mol. The molecular weight excluding hydrogens is 392 g/mol. The zero-order chi connectivity index (χ0) is 19.7. The van der Waals surface area contributed by atoms with Gasteiger partial charge in [0.1, 0.15) is 4.21 Å². The van der Waals surface area contributed by atoms with Gasteiger partial charge in [-0.05, 0) is 61.7 Å². The van der Waals surface area contributed by atoms with Crippen molar-refractivity contribution in [3.05, 3.63) is 76.7 Å². The summed E-state index contributed by atoms with van der Waals surface area (Å²) in [6.45, 7) is 2.48. The number of thiophene rings is 1. The van der Waals surface area contributed by atoms with E-state index in [9.17, 15) is 13.2 Å². The van der Waals surface area contributed by atoms with Crippen molar-refractivity contribution in [3.63, 3.8) is 0 Å². The topological polar surface area (TPSA) is 66.5 Å². The predicted octanol–water partition coefficient (Wildman–Crippen LogP) is 4.45. The number of rotatable bonds is 4. The number of nitrogens with zero attached hydrogens (tertiary/aromatic N) is 1. The van der Waals surface area contributed by atoms with Gasteiger partial charge in [-0.2, -0.15) is 0 Å². The van der Waals surface area contributed by atoms with E-state index in [2.05, 4.69) is 4.72 Å². The summed E-state index contributed by atoms with van der Waals surface area (Å²) in [6, 6.07) is 17.9. The number of nitrogens with one attached hydrogen (secondary N) is 1. The molecule has 1 aliphatic heterocycles. The second-order valence-corrected chi connectivity index (χ2v) is 9.94. The summed E-state index contributed by atoms with van der Waals surface area (Å²) in [5, 5.41) is 0. The maximum absolute atomic E-state index is 13.0. The lowest BCUT2D eigenvalue weighted by atomic mass is 10.00. The lowest BCUT2D eigenvalue weighted by Crippen LogP contribution is -2.35. The second-order valence-electron chi connectivity index (χ2n) is 6.74. The first kappa shape index (κ1) is 18.7. The molecule has 3 aromatic rings. The normalized spacial score (nSPS) is 13.8. The van der Waals surface area contributed by atoms with E-state index in [1.807, 2.05) is 31.2 Å². The third kappa shape index (κ3) is 3.68. The van der Waals surface area contributed by atoms with Gasteiger partial charge in [-0.1, -0.05) is 24.3 Å². The van der Waals surface area contributed by atoms with Crippen molar-refractivity contribution in [1.82, 2.24) is 0 Å². The molecule has 2 aromatic carbocycles. The molecule has 1 aliphatic rings. The molecule has 5 nitrogen and oxygen atoms in total. The van der Waals surface area contributed by atoms with Gasteiger partial charge >= 0.3 is 0 Å². The SMILES string of the molecule is Cc1ccc(S(=O)(=O)Nc2ccc3c(c2)N(C(=O)c2ccccc2)CCC3)s1. The Hall–Kier alpha value is -2.64. The van der Waals surface area contributed by atoms with Gasteiger partial charge < -0.3 is 4.90 Å². The fourth-order valence-corrected chi connectivity index (χ4v) is 5.68. The minimum atomic E-state index is -3.64. The first-order valence-corrected chi connectivity index (χ1v) is 11.3. The van der Waals surface area contributed by atoms with Crippen LogP contribution in [0.1, 0.15) is 27.2 Å². The fraction of sp³-hybridized carbons (Fsp3) is 0.190. The van der Waals surface area contributed by atoms with Gasteiger partial charge in [0.2, 0.25) is 0 Å². The number of carbonyl (C=O) groups excluding carboxylic acids is 1. The highest BCUT2D eigenvalue weighted by Crippen LogP contribution is 2.32. The van der Waals surface area contributed by atoms with Crippen LogP contribution < -0.4 is 9.62 Å². The van der Waals surface area contributed by atoms with Crippen LogP contribution in [0.5, 0.6) is 0 Å². The van der Waals surface area contributed by atoms with Crippen molar-refractivity contribution in [1.29, 1.82) is 0 Å². The Morgan fingerprint density at radius 2 is 1.86 bits per heavy atom. The molecule has 144 valence electrons. The summed E-state index contributed by atoms with van der Waals surface area (Å²) in [5.74, 6) is -0.0737. The number of aryl methyl sites for hydroxylation is 2. The Labute approximate surface area is 168 Å². The van der Waals surface area contributed by atoms with E-state index in [4.69, 9.17) is 0 Å². The highest BCUT2D eigenvalue weighted by atomic mass is 32.2. The highest BCUT2D eigenvalue weighted by molar-refractivity contribution is 7.94. The monoisotopic (exact) mass is 412 g/mol. The lowest BCUT2D eigenvalue weighted by Gasteiger charge is -2.30. The second kappa shape index (κ2) is 7.41. The van der Waals surface area contributed by atoms with Crippen molar-refractivity contribution >= 4 is 38.6 Å². The molecule has 0 saturated heterocycles. The molecule has 0 radical (unpaired) electrons. The van der Waals surface area contributed by atoms with E-state index >= 15 is 0 Å². The molecule has 0 saturated carbocycles. The smallest absolute Gasteiger partial charge is 0.271 e. The van der Waals surface area contributed by atoms with E-state index < -0.39 is 10.0 Å². The van der Waals surface area contributed by atoms with Crippen molar-refractivity contribution in [2.45, 2.75) is 24.0 Å². The average Bonchev–Trinajstić information content (AvgIpc) is 3.15. The van der Waals surface area contributed by atoms with Gasteiger partial charge in [-0.3, -0.25) is 9.52 Å². The van der Waals surface area contributed by atoms with E-state index in [-0.39, 0.29) is 10.1 Å². The highest BCUT2D eigenvalue weighted by Gasteiger charge is 2.25. The first-order valence-electron chi connectivity index (χ1n) is 9.03. The van der Waals surface area contributed by atoms with Gasteiger partial charge in [-0.15, -0.1) is 11.3 Å². The van der Waals surface area contributed by atoms with Crippen LogP contribution in [0.4, 0.5) is 11.4 Å². The number of sulfonamides is 1. The molecule has 2 heterocycles. The Balaban J connectivity index is 1.66. The molecule has 0 atom stereocenters. The summed E-state index contributed by atoms with van der Waals surface area (Å²) in [5.41, 5.74) is 2.89. The first-order chi connectivity index (χ1) is 13.4. The molecule has 1 N–H and O–H groups in total. The minimum Gasteiger partial charge on any atom is -0.308 e. The standard InChI is InChI=1S/C21H20N2O3S2/c1-15-9-12-20(27-15)28(25,26)22-18-11-10-16-8-5-13-23(19(16)14-18)21(24)17-6-3-2-4-7-17/h2-4,6-7,9-12,14,22H,5,8,13H2,1H3. The molecule has 1 amide bonds. The molecule has 0 fully saturated rings. The van der Waals surface area contributed by atoms with Crippen LogP contribution in [0, 0.1) is 6.92 Å². The van der Waals surface area contributed by atoms with Crippen LogP contribution in [-0.2, 0) is 16.4 Å². The van der Waals surface area contributed by atoms with Crippen LogP contribution >= 0.6 is 11.3 Å². The van der Waals surface area contributed by atoms with Gasteiger partial charge in [0, 0.05) is 22.7 Å². The molecule has 4 rings (SSSR count). The van der Waals surface area contributed by atoms with Crippen LogP contribution in [0.3, 0.4) is 0 Å². The van der Waals surface area contributed by atoms with E-state index in [1.165, 1.54) is 11.3 Å². The number of hydrogen-bond donors (Lipinski definition) is 1. The molecule has 0 aliphatic carbocycles. The fourth-order valence-electron chi connectivity index (χ4n) is 3.35. The molecule has 0 unspecified atom stereocenters. The van der Waals surface area contributed by atoms with Gasteiger partial charge in [0.05, 0.1) is 5.69 Å². The van der Waals surface area contributed by atoms with Crippen molar-refractivity contribution in [2.75, 3.05) is 16.2 Å². The van der Waals surface area contributed by atoms with Crippen molar-refractivity contribution < 1.29 is 13.2 Å². The third-order valence-corrected chi connectivity index (χ3v) is 7.58. The van der Waals surface area contributed by atoms with Crippen LogP contribution in [-0.4, -0.2) is 20.9 Å². The zero-order valence-corrected chi connectivity index (χ0v) is 17.0. The average molecular weight is 413 g/mol. The van der Waals surface area contributed by atoms with Crippen molar-refractivity contribution in [3.8, 4) is 0 Å². The third-order valence-electron chi connectivity index (χ3n) is 4.70. The minimum absolute atomic E-state index is 0.0737. The summed E-state index contributed by atoms with van der Waals surface area (Å²) < 4.78 is 28.2. The van der Waals surface area contributed by atoms with Crippen molar-refractivity contribution in [2.24, 2.45) is 0 Å². The Morgan fingerprint density at radius 1 is 1.07 bits per heavy atom. The maximum Gasteiger partial charge on any atom is 0.271 e. The van der Waals surface area contributed by atoms with Crippen LogP contribution in [0.15, 0.2) is 64.9 Å². The number of anilines is 2. The van der Waals surface area contributed by atoms with E-state index in [1.54, 1.807) is 41.3 Å². The van der Waals surface area contributed by atoms with Gasteiger partial charge in [0.15, 0.2) is 0 Å². The summed E-state index contributed by atoms with van der Waals surface area (Å²) in [4.78, 5) is 15.6. The summed E-state index contributed by atoms with van der Waals surface area (Å²) in [7, 11) is -3.64. The molecule has 1 aromatic heterocycles. The Kier molecular flexibility index (Phi) is 4.95. The molecule has 0 spiro atoms. The van der Waals surface area contributed by atoms with E-state index in [0.29, 0.717) is 17.8 Å². The molecule has 7 heteroatoms. The van der Waals surface area contributed by atoms with Crippen LogP contribution in [0.2, 0.25) is 0 Å². The lowest BCUT2D eigenvalue weighted by molar-refractivity contribution is 0.0985. The zero-order valence-electron chi connectivity index (χ0n) is 15.4. The molecular formula is C21H20N2O3S2. The van der Waals surface area contributed by atoms with Crippen LogP contribution in [0.25, 0.3) is 0 Å². The quantitative estimate of drug-likeness (QED) is 0.688.